The van der Waals surface area contributed by atoms with Crippen LogP contribution in [0.2, 0.25) is 5.15 Å². The molecule has 0 saturated heterocycles. The van der Waals surface area contributed by atoms with Gasteiger partial charge in [-0.15, -0.1) is 5.10 Å². The largest absolute Gasteiger partial charge is 0.271 e. The van der Waals surface area contributed by atoms with Crippen LogP contribution in [0.1, 0.15) is 30.6 Å². The molecular weight excluding hydrogens is 252 g/mol. The Hall–Kier alpha value is -1.50. The van der Waals surface area contributed by atoms with Crippen LogP contribution in [0.4, 0.5) is 0 Å². The Morgan fingerprint density at radius 2 is 2.39 bits per heavy atom. The summed E-state index contributed by atoms with van der Waals surface area (Å²) in [5, 5.41) is 8.40. The molecule has 1 atom stereocenters. The molecule has 7 heteroatoms. The highest BCUT2D eigenvalue weighted by Crippen LogP contribution is 2.22. The van der Waals surface area contributed by atoms with Gasteiger partial charge >= 0.3 is 0 Å². The molecule has 0 bridgehead atoms. The molecule has 2 aromatic rings. The highest BCUT2D eigenvalue weighted by Gasteiger charge is 2.18. The molecule has 0 radical (unpaired) electrons. The maximum atomic E-state index is 5.89. The van der Waals surface area contributed by atoms with Gasteiger partial charge in [0.05, 0.1) is 17.9 Å². The smallest absolute Gasteiger partial charge is 0.129 e. The predicted molar refractivity (Wildman–Crippen MR) is 68.7 cm³/mol. The fourth-order valence-electron chi connectivity index (χ4n) is 1.82. The molecule has 2 aromatic heterocycles. The maximum absolute atomic E-state index is 5.89. The van der Waals surface area contributed by atoms with E-state index in [9.17, 15) is 0 Å². The highest BCUT2D eigenvalue weighted by atomic mass is 35.5. The van der Waals surface area contributed by atoms with Gasteiger partial charge in [0.25, 0.3) is 0 Å². The van der Waals surface area contributed by atoms with Gasteiger partial charge < -0.3 is 0 Å². The molecule has 3 N–H and O–H groups in total. The molecule has 1 unspecified atom stereocenters. The van der Waals surface area contributed by atoms with E-state index in [2.05, 4.69) is 27.6 Å². The van der Waals surface area contributed by atoms with E-state index < -0.39 is 0 Å². The molecule has 0 aliphatic heterocycles. The number of halogens is 1. The molecule has 0 amide bonds. The Bertz CT molecular complexity index is 512. The molecule has 0 aliphatic carbocycles. The predicted octanol–water partition coefficient (Wildman–Crippen LogP) is 1.29. The van der Waals surface area contributed by atoms with Gasteiger partial charge in [-0.05, 0) is 24.1 Å². The topological polar surface area (TPSA) is 81.7 Å². The number of nitrogens with two attached hydrogens (primary N) is 1. The average Bonchev–Trinajstić information content (AvgIpc) is 2.79. The van der Waals surface area contributed by atoms with Gasteiger partial charge in [0.1, 0.15) is 5.15 Å². The summed E-state index contributed by atoms with van der Waals surface area (Å²) in [4.78, 5) is 3.96. The maximum Gasteiger partial charge on any atom is 0.129 e. The number of nitrogens with one attached hydrogen (secondary N) is 1. The van der Waals surface area contributed by atoms with Crippen LogP contribution in [0.25, 0.3) is 0 Å². The Balaban J connectivity index is 2.36. The van der Waals surface area contributed by atoms with Crippen LogP contribution in [-0.4, -0.2) is 20.0 Å². The van der Waals surface area contributed by atoms with Crippen molar-refractivity contribution < 1.29 is 0 Å². The van der Waals surface area contributed by atoms with E-state index in [1.165, 1.54) is 0 Å². The third-order valence-electron chi connectivity index (χ3n) is 2.63. The van der Waals surface area contributed by atoms with Crippen LogP contribution < -0.4 is 11.3 Å². The number of aromatic nitrogens is 4. The van der Waals surface area contributed by atoms with Crippen molar-refractivity contribution in [1.29, 1.82) is 0 Å². The van der Waals surface area contributed by atoms with Crippen molar-refractivity contribution in [3.63, 3.8) is 0 Å². The first-order valence-electron chi connectivity index (χ1n) is 5.72. The lowest BCUT2D eigenvalue weighted by atomic mass is 10.1. The first-order valence-corrected chi connectivity index (χ1v) is 6.10. The number of nitrogens with zero attached hydrogens (tertiary/aromatic N) is 4. The van der Waals surface area contributed by atoms with Crippen LogP contribution in [-0.2, 0) is 6.54 Å². The number of rotatable bonds is 5. The van der Waals surface area contributed by atoms with Crippen molar-refractivity contribution in [2.24, 2.45) is 5.84 Å². The molecule has 0 aromatic carbocycles. The second-order valence-corrected chi connectivity index (χ2v) is 4.28. The molecule has 0 fully saturated rings. The number of hydrazine groups is 1. The van der Waals surface area contributed by atoms with Crippen molar-refractivity contribution in [1.82, 2.24) is 25.4 Å². The third-order valence-corrected chi connectivity index (χ3v) is 2.84. The van der Waals surface area contributed by atoms with E-state index >= 15 is 0 Å². The van der Waals surface area contributed by atoms with Gasteiger partial charge in [0.15, 0.2) is 0 Å². The van der Waals surface area contributed by atoms with Crippen LogP contribution in [0.3, 0.4) is 0 Å². The highest BCUT2D eigenvalue weighted by molar-refractivity contribution is 6.29. The van der Waals surface area contributed by atoms with Gasteiger partial charge in [-0.1, -0.05) is 23.7 Å². The molecule has 96 valence electrons. The molecule has 0 aliphatic rings. The summed E-state index contributed by atoms with van der Waals surface area (Å²) in [5.41, 5.74) is 4.59. The van der Waals surface area contributed by atoms with Gasteiger partial charge in [-0.3, -0.25) is 5.84 Å². The van der Waals surface area contributed by atoms with Gasteiger partial charge in [-0.25, -0.2) is 15.1 Å². The standard InChI is InChI=1S/C11H15ClN6/c1-2-5-18-9(7-15-17-18)11(16-13)8-3-4-14-10(12)6-8/h3-4,6-7,11,16H,2,5,13H2,1H3. The summed E-state index contributed by atoms with van der Waals surface area (Å²) in [6, 6.07) is 3.43. The normalized spacial score (nSPS) is 12.6. The zero-order valence-corrected chi connectivity index (χ0v) is 10.8. The Labute approximate surface area is 110 Å². The zero-order valence-electron chi connectivity index (χ0n) is 10.0. The number of pyridine rings is 1. The first kappa shape index (κ1) is 12.9. The SMILES string of the molecule is CCCn1nncc1C(NN)c1ccnc(Cl)c1. The summed E-state index contributed by atoms with van der Waals surface area (Å²) in [6.07, 6.45) is 4.33. The van der Waals surface area contributed by atoms with E-state index in [4.69, 9.17) is 17.4 Å². The minimum Gasteiger partial charge on any atom is -0.271 e. The lowest BCUT2D eigenvalue weighted by molar-refractivity contribution is 0.512. The molecule has 18 heavy (non-hydrogen) atoms. The summed E-state index contributed by atoms with van der Waals surface area (Å²) in [5.74, 6) is 5.63. The number of hydrogen-bond donors (Lipinski definition) is 2. The van der Waals surface area contributed by atoms with E-state index in [1.54, 1.807) is 18.5 Å². The van der Waals surface area contributed by atoms with Gasteiger partial charge in [0.2, 0.25) is 0 Å². The van der Waals surface area contributed by atoms with Crippen molar-refractivity contribution in [2.75, 3.05) is 0 Å². The van der Waals surface area contributed by atoms with Gasteiger partial charge in [-0.2, -0.15) is 0 Å². The summed E-state index contributed by atoms with van der Waals surface area (Å²) < 4.78 is 1.83. The van der Waals surface area contributed by atoms with Gasteiger partial charge in [0, 0.05) is 12.7 Å². The van der Waals surface area contributed by atoms with Crippen LogP contribution in [0.15, 0.2) is 24.5 Å². The second-order valence-electron chi connectivity index (χ2n) is 3.89. The molecule has 0 spiro atoms. The van der Waals surface area contributed by atoms with Crippen LogP contribution in [0, 0.1) is 0 Å². The monoisotopic (exact) mass is 266 g/mol. The zero-order chi connectivity index (χ0) is 13.0. The molecule has 2 rings (SSSR count). The minimum absolute atomic E-state index is 0.202. The second kappa shape index (κ2) is 5.90. The summed E-state index contributed by atoms with van der Waals surface area (Å²) >= 11 is 5.89. The van der Waals surface area contributed by atoms with Crippen molar-refractivity contribution in [2.45, 2.75) is 25.9 Å². The first-order chi connectivity index (χ1) is 8.76. The minimum atomic E-state index is -0.202. The van der Waals surface area contributed by atoms with E-state index in [-0.39, 0.29) is 6.04 Å². The number of aryl methyl sites for hydroxylation is 1. The van der Waals surface area contributed by atoms with Crippen molar-refractivity contribution >= 4 is 11.6 Å². The third kappa shape index (κ3) is 2.66. The Morgan fingerprint density at radius 1 is 1.56 bits per heavy atom. The molecule has 0 saturated carbocycles. The molecule has 2 heterocycles. The Morgan fingerprint density at radius 3 is 3.06 bits per heavy atom. The van der Waals surface area contributed by atoms with Crippen LogP contribution in [0.5, 0.6) is 0 Å². The van der Waals surface area contributed by atoms with E-state index in [0.29, 0.717) is 5.15 Å². The molecular formula is C11H15ClN6. The van der Waals surface area contributed by atoms with E-state index in [0.717, 1.165) is 24.2 Å². The number of hydrogen-bond acceptors (Lipinski definition) is 5. The van der Waals surface area contributed by atoms with Crippen molar-refractivity contribution in [3.05, 3.63) is 40.9 Å². The quantitative estimate of drug-likeness (QED) is 0.484. The lowest BCUT2D eigenvalue weighted by Gasteiger charge is -2.17. The summed E-state index contributed by atoms with van der Waals surface area (Å²) in [6.45, 7) is 2.88. The average molecular weight is 267 g/mol. The van der Waals surface area contributed by atoms with Crippen molar-refractivity contribution in [3.8, 4) is 0 Å². The summed E-state index contributed by atoms with van der Waals surface area (Å²) in [7, 11) is 0. The van der Waals surface area contributed by atoms with Crippen LogP contribution >= 0.6 is 11.6 Å². The van der Waals surface area contributed by atoms with E-state index in [1.807, 2.05) is 10.7 Å². The fourth-order valence-corrected chi connectivity index (χ4v) is 2.01. The lowest BCUT2D eigenvalue weighted by Crippen LogP contribution is -2.30. The fraction of sp³-hybridized carbons (Fsp3) is 0.364. The Kier molecular flexibility index (Phi) is 4.24. The molecule has 6 nitrogen and oxygen atoms in total.